The summed E-state index contributed by atoms with van der Waals surface area (Å²) in [5.41, 5.74) is 1.57. The molecule has 0 saturated heterocycles. The largest absolute Gasteiger partial charge is 0.309 e. The summed E-state index contributed by atoms with van der Waals surface area (Å²) in [7, 11) is 0. The quantitative estimate of drug-likeness (QED) is 0.779. The molecule has 1 heterocycles. The molecule has 2 aromatic rings. The van der Waals surface area contributed by atoms with E-state index in [1.54, 1.807) is 29.2 Å². The molecule has 27 heavy (non-hydrogen) atoms. The molecule has 0 saturated carbocycles. The lowest BCUT2D eigenvalue weighted by molar-refractivity contribution is -0.117. The Hall–Kier alpha value is -2.60. The van der Waals surface area contributed by atoms with Gasteiger partial charge in [0, 0.05) is 24.2 Å². The second-order valence-electron chi connectivity index (χ2n) is 6.38. The predicted octanol–water partition coefficient (Wildman–Crippen LogP) is 3.49. The van der Waals surface area contributed by atoms with Crippen LogP contribution in [0.25, 0.3) is 0 Å². The maximum absolute atomic E-state index is 14.4. The number of fused-ring (bicyclic) bond motifs is 1. The van der Waals surface area contributed by atoms with Crippen molar-refractivity contribution >= 4 is 17.3 Å². The Balaban J connectivity index is 2.04. The van der Waals surface area contributed by atoms with E-state index in [9.17, 15) is 13.6 Å². The molecule has 142 valence electrons. The van der Waals surface area contributed by atoms with Crippen LogP contribution in [0.3, 0.4) is 0 Å². The van der Waals surface area contributed by atoms with Gasteiger partial charge in [-0.3, -0.25) is 9.79 Å². The number of rotatable bonds is 6. The van der Waals surface area contributed by atoms with Gasteiger partial charge in [0.25, 0.3) is 0 Å². The first-order chi connectivity index (χ1) is 13.0. The van der Waals surface area contributed by atoms with Crippen LogP contribution in [0.1, 0.15) is 25.0 Å². The van der Waals surface area contributed by atoms with Crippen LogP contribution >= 0.6 is 0 Å². The molecule has 0 radical (unpaired) electrons. The van der Waals surface area contributed by atoms with E-state index in [0.29, 0.717) is 30.1 Å². The summed E-state index contributed by atoms with van der Waals surface area (Å²) in [6.45, 7) is 6.96. The minimum Gasteiger partial charge on any atom is -0.309 e. The number of anilines is 1. The SMILES string of the molecule is CCN(CC)CCN1C(=O)CN=C(c2ccccc2F)c2cc(F)ccc21. The number of nitrogens with zero attached hydrogens (tertiary/aromatic N) is 3. The molecule has 2 aromatic carbocycles. The van der Waals surface area contributed by atoms with E-state index in [-0.39, 0.29) is 18.0 Å². The number of hydrogen-bond donors (Lipinski definition) is 0. The van der Waals surface area contributed by atoms with Crippen molar-refractivity contribution in [3.63, 3.8) is 0 Å². The summed E-state index contributed by atoms with van der Waals surface area (Å²) in [6, 6.07) is 10.4. The van der Waals surface area contributed by atoms with Crippen LogP contribution in [-0.4, -0.2) is 49.2 Å². The van der Waals surface area contributed by atoms with E-state index in [1.165, 1.54) is 18.2 Å². The molecule has 1 aliphatic heterocycles. The Morgan fingerprint density at radius 2 is 1.81 bits per heavy atom. The zero-order valence-corrected chi connectivity index (χ0v) is 15.6. The first kappa shape index (κ1) is 19.2. The smallest absolute Gasteiger partial charge is 0.248 e. The van der Waals surface area contributed by atoms with Gasteiger partial charge in [0.05, 0.1) is 11.4 Å². The molecule has 1 aliphatic rings. The van der Waals surface area contributed by atoms with Crippen LogP contribution < -0.4 is 4.90 Å². The zero-order valence-electron chi connectivity index (χ0n) is 15.6. The van der Waals surface area contributed by atoms with Gasteiger partial charge in [-0.25, -0.2) is 8.78 Å². The van der Waals surface area contributed by atoms with Gasteiger partial charge in [-0.2, -0.15) is 0 Å². The lowest BCUT2D eigenvalue weighted by Gasteiger charge is -2.26. The Labute approximate surface area is 158 Å². The summed E-state index contributed by atoms with van der Waals surface area (Å²) >= 11 is 0. The summed E-state index contributed by atoms with van der Waals surface area (Å²) in [6.07, 6.45) is 0. The molecule has 4 nitrogen and oxygen atoms in total. The topological polar surface area (TPSA) is 35.9 Å². The van der Waals surface area contributed by atoms with E-state index < -0.39 is 11.6 Å². The van der Waals surface area contributed by atoms with Crippen molar-refractivity contribution in [2.45, 2.75) is 13.8 Å². The van der Waals surface area contributed by atoms with Crippen molar-refractivity contribution < 1.29 is 13.6 Å². The van der Waals surface area contributed by atoms with Gasteiger partial charge >= 0.3 is 0 Å². The van der Waals surface area contributed by atoms with E-state index in [4.69, 9.17) is 0 Å². The molecule has 0 unspecified atom stereocenters. The second-order valence-corrected chi connectivity index (χ2v) is 6.38. The van der Waals surface area contributed by atoms with Gasteiger partial charge in [0.2, 0.25) is 5.91 Å². The summed E-state index contributed by atoms with van der Waals surface area (Å²) < 4.78 is 28.4. The lowest BCUT2D eigenvalue weighted by Crippen LogP contribution is -2.39. The maximum Gasteiger partial charge on any atom is 0.248 e. The second kappa shape index (κ2) is 8.39. The average molecular weight is 371 g/mol. The van der Waals surface area contributed by atoms with Gasteiger partial charge in [-0.1, -0.05) is 26.0 Å². The molecule has 0 spiro atoms. The number of likely N-dealkylation sites (N-methyl/N-ethyl adjacent to an activating group) is 1. The number of benzodiazepines with no additional fused rings is 1. The fraction of sp³-hybridized carbons (Fsp3) is 0.333. The third-order valence-corrected chi connectivity index (χ3v) is 4.84. The van der Waals surface area contributed by atoms with Gasteiger partial charge in [-0.05, 0) is 43.4 Å². The van der Waals surface area contributed by atoms with E-state index in [0.717, 1.165) is 13.1 Å². The molecule has 0 aromatic heterocycles. The number of benzene rings is 2. The number of amides is 1. The highest BCUT2D eigenvalue weighted by Gasteiger charge is 2.26. The highest BCUT2D eigenvalue weighted by molar-refractivity contribution is 6.19. The average Bonchev–Trinajstić information content (AvgIpc) is 2.80. The van der Waals surface area contributed by atoms with E-state index in [2.05, 4.69) is 23.7 Å². The van der Waals surface area contributed by atoms with Crippen LogP contribution in [0.5, 0.6) is 0 Å². The number of hydrogen-bond acceptors (Lipinski definition) is 3. The molecule has 1 amide bonds. The van der Waals surface area contributed by atoms with Crippen LogP contribution in [0.4, 0.5) is 14.5 Å². The summed E-state index contributed by atoms with van der Waals surface area (Å²) in [4.78, 5) is 20.9. The van der Waals surface area contributed by atoms with Gasteiger partial charge < -0.3 is 9.80 Å². The van der Waals surface area contributed by atoms with E-state index in [1.807, 2.05) is 0 Å². The number of halogens is 2. The number of aliphatic imine (C=N–C) groups is 1. The highest BCUT2D eigenvalue weighted by Crippen LogP contribution is 2.28. The molecule has 0 fully saturated rings. The Morgan fingerprint density at radius 1 is 1.07 bits per heavy atom. The predicted molar refractivity (Wildman–Crippen MR) is 103 cm³/mol. The van der Waals surface area contributed by atoms with Crippen molar-refractivity contribution in [1.29, 1.82) is 0 Å². The third kappa shape index (κ3) is 4.06. The van der Waals surface area contributed by atoms with Crippen molar-refractivity contribution in [1.82, 2.24) is 4.90 Å². The number of carbonyl (C=O) groups is 1. The standard InChI is InChI=1S/C21H23F2N3O/c1-3-25(4-2)11-12-26-19-10-9-15(22)13-17(19)21(24-14-20(26)27)16-7-5-6-8-18(16)23/h5-10,13H,3-4,11-12,14H2,1-2H3. The Bertz CT molecular complexity index is 862. The minimum absolute atomic E-state index is 0.0990. The zero-order chi connectivity index (χ0) is 19.4. The van der Waals surface area contributed by atoms with Crippen LogP contribution in [0.2, 0.25) is 0 Å². The molecule has 6 heteroatoms. The fourth-order valence-corrected chi connectivity index (χ4v) is 3.29. The first-order valence-electron chi connectivity index (χ1n) is 9.17. The van der Waals surface area contributed by atoms with Gasteiger partial charge in [-0.15, -0.1) is 0 Å². The minimum atomic E-state index is -0.449. The monoisotopic (exact) mass is 371 g/mol. The Morgan fingerprint density at radius 3 is 2.52 bits per heavy atom. The highest BCUT2D eigenvalue weighted by atomic mass is 19.1. The Kier molecular flexibility index (Phi) is 5.96. The molecule has 3 rings (SSSR count). The molecule has 0 bridgehead atoms. The lowest BCUT2D eigenvalue weighted by atomic mass is 9.99. The van der Waals surface area contributed by atoms with Gasteiger partial charge in [0.15, 0.2) is 0 Å². The van der Waals surface area contributed by atoms with Gasteiger partial charge in [0.1, 0.15) is 18.2 Å². The van der Waals surface area contributed by atoms with Crippen LogP contribution in [0, 0.1) is 11.6 Å². The van der Waals surface area contributed by atoms with Crippen molar-refractivity contribution in [2.75, 3.05) is 37.6 Å². The number of carbonyl (C=O) groups excluding carboxylic acids is 1. The summed E-state index contributed by atoms with van der Waals surface area (Å²) in [5.74, 6) is -1.08. The molecular weight excluding hydrogens is 348 g/mol. The molecule has 0 N–H and O–H groups in total. The first-order valence-corrected chi connectivity index (χ1v) is 9.17. The van der Waals surface area contributed by atoms with Crippen molar-refractivity contribution in [2.24, 2.45) is 4.99 Å². The normalized spacial score (nSPS) is 14.2. The third-order valence-electron chi connectivity index (χ3n) is 4.84. The van der Waals surface area contributed by atoms with Crippen LogP contribution in [-0.2, 0) is 4.79 Å². The van der Waals surface area contributed by atoms with Crippen molar-refractivity contribution in [3.8, 4) is 0 Å². The van der Waals surface area contributed by atoms with Crippen LogP contribution in [0.15, 0.2) is 47.5 Å². The molecular formula is C21H23F2N3O. The van der Waals surface area contributed by atoms with Crippen molar-refractivity contribution in [3.05, 3.63) is 65.2 Å². The maximum atomic E-state index is 14.4. The molecule has 0 atom stereocenters. The fourth-order valence-electron chi connectivity index (χ4n) is 3.29. The summed E-state index contributed by atoms with van der Waals surface area (Å²) in [5, 5.41) is 0. The van der Waals surface area contributed by atoms with E-state index >= 15 is 0 Å². The molecule has 0 aliphatic carbocycles.